The maximum atomic E-state index is 12.9. The number of aliphatic carboxylic acids is 1. The normalized spacial score (nSPS) is 30.1. The summed E-state index contributed by atoms with van der Waals surface area (Å²) < 4.78 is 0. The molecular weight excluding hydrogens is 290 g/mol. The Labute approximate surface area is 136 Å². The Bertz CT molecular complexity index is 635. The average Bonchev–Trinajstić information content (AvgIpc) is 3.28. The molecule has 0 radical (unpaired) electrons. The number of para-hydroxylation sites is 1. The van der Waals surface area contributed by atoms with Crippen LogP contribution in [0.4, 0.5) is 5.69 Å². The maximum absolute atomic E-state index is 12.9. The number of fused-ring (bicyclic) bond motifs is 1. The molecule has 4 rings (SSSR count). The topological polar surface area (TPSA) is 57.6 Å². The van der Waals surface area contributed by atoms with Gasteiger partial charge in [-0.15, -0.1) is 0 Å². The number of carbonyl (C=O) groups is 2. The zero-order chi connectivity index (χ0) is 16.0. The van der Waals surface area contributed by atoms with E-state index in [4.69, 9.17) is 0 Å². The number of carboxylic acids is 1. The Morgan fingerprint density at radius 1 is 1.09 bits per heavy atom. The van der Waals surface area contributed by atoms with E-state index in [1.54, 1.807) is 4.90 Å². The fourth-order valence-corrected chi connectivity index (χ4v) is 4.61. The van der Waals surface area contributed by atoms with E-state index in [0.717, 1.165) is 17.7 Å². The first-order valence-electron chi connectivity index (χ1n) is 8.80. The molecule has 23 heavy (non-hydrogen) atoms. The lowest BCUT2D eigenvalue weighted by molar-refractivity contribution is -0.138. The monoisotopic (exact) mass is 313 g/mol. The zero-order valence-electron chi connectivity index (χ0n) is 13.3. The van der Waals surface area contributed by atoms with Gasteiger partial charge < -0.3 is 10.0 Å². The second-order valence-corrected chi connectivity index (χ2v) is 7.30. The number of anilines is 1. The minimum absolute atomic E-state index is 0.124. The van der Waals surface area contributed by atoms with Crippen molar-refractivity contribution in [2.24, 2.45) is 17.8 Å². The highest BCUT2D eigenvalue weighted by Gasteiger charge is 2.50. The van der Waals surface area contributed by atoms with Gasteiger partial charge in [-0.25, -0.2) is 0 Å². The van der Waals surface area contributed by atoms with Crippen LogP contribution < -0.4 is 4.90 Å². The molecule has 122 valence electrons. The molecule has 3 atom stereocenters. The predicted molar refractivity (Wildman–Crippen MR) is 87.3 cm³/mol. The molecular formula is C19H23NO3. The summed E-state index contributed by atoms with van der Waals surface area (Å²) in [5.74, 6) is 0.106. The van der Waals surface area contributed by atoms with E-state index in [1.165, 1.54) is 32.1 Å². The Balaban J connectivity index is 1.51. The number of carboxylic acid groups (broad SMARTS) is 1. The quantitative estimate of drug-likeness (QED) is 0.930. The Morgan fingerprint density at radius 3 is 2.57 bits per heavy atom. The summed E-state index contributed by atoms with van der Waals surface area (Å²) in [6, 6.07) is 7.46. The molecule has 2 fully saturated rings. The van der Waals surface area contributed by atoms with Crippen molar-refractivity contribution in [1.29, 1.82) is 0 Å². The van der Waals surface area contributed by atoms with E-state index in [-0.39, 0.29) is 11.8 Å². The van der Waals surface area contributed by atoms with Gasteiger partial charge in [-0.2, -0.15) is 0 Å². The van der Waals surface area contributed by atoms with Crippen LogP contribution in [0, 0.1) is 17.8 Å². The van der Waals surface area contributed by atoms with E-state index >= 15 is 0 Å². The standard InChI is InChI=1S/C19H23NO3/c21-18(15-10-14(15)12-6-2-1-3-7-12)20-11-16(19(22)23)13-8-4-5-9-17(13)20/h4-5,8-9,12,14-16H,1-3,6-7,10-11H2,(H,22,23). The summed E-state index contributed by atoms with van der Waals surface area (Å²) in [4.78, 5) is 26.2. The summed E-state index contributed by atoms with van der Waals surface area (Å²) in [5, 5.41) is 9.43. The van der Waals surface area contributed by atoms with Crippen molar-refractivity contribution in [3.05, 3.63) is 29.8 Å². The number of hydrogen-bond acceptors (Lipinski definition) is 2. The Hall–Kier alpha value is -1.84. The van der Waals surface area contributed by atoms with Gasteiger partial charge >= 0.3 is 5.97 Å². The van der Waals surface area contributed by atoms with E-state index < -0.39 is 11.9 Å². The van der Waals surface area contributed by atoms with Gasteiger partial charge in [-0.3, -0.25) is 9.59 Å². The van der Waals surface area contributed by atoms with Crippen molar-refractivity contribution in [2.45, 2.75) is 44.4 Å². The molecule has 2 saturated carbocycles. The number of carbonyl (C=O) groups excluding carboxylic acids is 1. The lowest BCUT2D eigenvalue weighted by atomic mass is 9.85. The van der Waals surface area contributed by atoms with E-state index in [1.807, 2.05) is 24.3 Å². The van der Waals surface area contributed by atoms with Gasteiger partial charge in [-0.05, 0) is 29.9 Å². The van der Waals surface area contributed by atoms with Crippen molar-refractivity contribution < 1.29 is 14.7 Å². The molecule has 3 unspecified atom stereocenters. The summed E-state index contributed by atoms with van der Waals surface area (Å²) in [6.45, 7) is 0.293. The Morgan fingerprint density at radius 2 is 1.83 bits per heavy atom. The van der Waals surface area contributed by atoms with Crippen LogP contribution in [0.25, 0.3) is 0 Å². The molecule has 0 bridgehead atoms. The molecule has 1 aliphatic heterocycles. The molecule has 4 nitrogen and oxygen atoms in total. The third-order valence-corrected chi connectivity index (χ3v) is 5.94. The number of benzene rings is 1. The van der Waals surface area contributed by atoms with Crippen LogP contribution in [-0.4, -0.2) is 23.5 Å². The highest BCUT2D eigenvalue weighted by Crippen LogP contribution is 2.51. The first kappa shape index (κ1) is 14.7. The molecule has 3 aliphatic rings. The van der Waals surface area contributed by atoms with Crippen LogP contribution in [0.15, 0.2) is 24.3 Å². The van der Waals surface area contributed by atoms with Crippen LogP contribution in [0.5, 0.6) is 0 Å². The van der Waals surface area contributed by atoms with E-state index in [9.17, 15) is 14.7 Å². The molecule has 1 amide bonds. The van der Waals surface area contributed by atoms with Crippen molar-refractivity contribution in [2.75, 3.05) is 11.4 Å². The molecule has 2 aliphatic carbocycles. The summed E-state index contributed by atoms with van der Waals surface area (Å²) >= 11 is 0. The molecule has 0 saturated heterocycles. The van der Waals surface area contributed by atoms with E-state index in [2.05, 4.69) is 0 Å². The second-order valence-electron chi connectivity index (χ2n) is 7.30. The van der Waals surface area contributed by atoms with Gasteiger partial charge in [0.15, 0.2) is 0 Å². The first-order valence-corrected chi connectivity index (χ1v) is 8.80. The van der Waals surface area contributed by atoms with Crippen molar-refractivity contribution >= 4 is 17.6 Å². The number of hydrogen-bond donors (Lipinski definition) is 1. The van der Waals surface area contributed by atoms with E-state index in [0.29, 0.717) is 18.4 Å². The summed E-state index contributed by atoms with van der Waals surface area (Å²) in [6.07, 6.45) is 7.47. The SMILES string of the molecule is O=C(O)C1CN(C(=O)C2CC2C2CCCCC2)c2ccccc21. The molecule has 0 aromatic heterocycles. The summed E-state index contributed by atoms with van der Waals surface area (Å²) in [5.41, 5.74) is 1.59. The van der Waals surface area contributed by atoms with Crippen molar-refractivity contribution in [3.63, 3.8) is 0 Å². The number of rotatable bonds is 3. The van der Waals surface area contributed by atoms with Crippen LogP contribution in [0.1, 0.15) is 50.0 Å². The third-order valence-electron chi connectivity index (χ3n) is 5.94. The Kier molecular flexibility index (Phi) is 3.63. The van der Waals surface area contributed by atoms with Crippen LogP contribution in [0.2, 0.25) is 0 Å². The molecule has 1 heterocycles. The predicted octanol–water partition coefficient (Wildman–Crippen LogP) is 3.42. The fourth-order valence-electron chi connectivity index (χ4n) is 4.61. The number of amides is 1. The van der Waals surface area contributed by atoms with Crippen LogP contribution >= 0.6 is 0 Å². The van der Waals surface area contributed by atoms with Crippen LogP contribution in [0.3, 0.4) is 0 Å². The molecule has 0 spiro atoms. The van der Waals surface area contributed by atoms with Crippen LogP contribution in [-0.2, 0) is 9.59 Å². The maximum Gasteiger partial charge on any atom is 0.312 e. The highest BCUT2D eigenvalue weighted by atomic mass is 16.4. The molecule has 4 heteroatoms. The average molecular weight is 313 g/mol. The second kappa shape index (κ2) is 5.66. The minimum Gasteiger partial charge on any atom is -0.481 e. The fraction of sp³-hybridized carbons (Fsp3) is 0.579. The lowest BCUT2D eigenvalue weighted by Crippen LogP contribution is -2.33. The zero-order valence-corrected chi connectivity index (χ0v) is 13.3. The van der Waals surface area contributed by atoms with Gasteiger partial charge in [-0.1, -0.05) is 50.3 Å². The van der Waals surface area contributed by atoms with Gasteiger partial charge in [0.2, 0.25) is 5.91 Å². The minimum atomic E-state index is -0.840. The van der Waals surface area contributed by atoms with Gasteiger partial charge in [0, 0.05) is 18.2 Å². The molecule has 1 N–H and O–H groups in total. The third kappa shape index (κ3) is 2.54. The van der Waals surface area contributed by atoms with Gasteiger partial charge in [0.05, 0.1) is 0 Å². The highest BCUT2D eigenvalue weighted by molar-refractivity contribution is 6.01. The summed E-state index contributed by atoms with van der Waals surface area (Å²) in [7, 11) is 0. The smallest absolute Gasteiger partial charge is 0.312 e. The van der Waals surface area contributed by atoms with Crippen molar-refractivity contribution in [1.82, 2.24) is 0 Å². The largest absolute Gasteiger partial charge is 0.481 e. The van der Waals surface area contributed by atoms with Gasteiger partial charge in [0.25, 0.3) is 0 Å². The molecule has 1 aromatic carbocycles. The first-order chi connectivity index (χ1) is 11.2. The lowest BCUT2D eigenvalue weighted by Gasteiger charge is -2.23. The molecule has 1 aromatic rings. The van der Waals surface area contributed by atoms with Gasteiger partial charge in [0.1, 0.15) is 5.92 Å². The number of nitrogens with zero attached hydrogens (tertiary/aromatic N) is 1. The van der Waals surface area contributed by atoms with Crippen molar-refractivity contribution in [3.8, 4) is 0 Å².